The second-order valence-electron chi connectivity index (χ2n) is 6.48. The van der Waals surface area contributed by atoms with Crippen LogP contribution in [0.4, 0.5) is 13.2 Å². The molecule has 0 spiro atoms. The molecule has 0 bridgehead atoms. The number of likely N-dealkylation sites (tertiary alicyclic amines) is 1. The molecule has 0 aliphatic carbocycles. The molecule has 1 fully saturated rings. The normalized spacial score (nSPS) is 16.6. The third-order valence-electron chi connectivity index (χ3n) is 4.53. The van der Waals surface area contributed by atoms with E-state index in [1.807, 2.05) is 6.07 Å². The van der Waals surface area contributed by atoms with Gasteiger partial charge in [0.25, 0.3) is 0 Å². The number of benzene rings is 2. The highest BCUT2D eigenvalue weighted by molar-refractivity contribution is 5.28. The number of hydrogen-bond acceptors (Lipinski definition) is 3. The lowest BCUT2D eigenvalue weighted by molar-refractivity contribution is -0.274. The van der Waals surface area contributed by atoms with E-state index in [4.69, 9.17) is 4.74 Å². The first-order chi connectivity index (χ1) is 12.5. The van der Waals surface area contributed by atoms with Gasteiger partial charge in [-0.15, -0.1) is 13.2 Å². The van der Waals surface area contributed by atoms with Crippen LogP contribution >= 0.6 is 0 Å². The fourth-order valence-electron chi connectivity index (χ4n) is 3.25. The molecule has 0 unspecified atom stereocenters. The number of hydrogen-bond donors (Lipinski definition) is 0. The van der Waals surface area contributed by atoms with E-state index in [-0.39, 0.29) is 12.4 Å². The van der Waals surface area contributed by atoms with Crippen LogP contribution in [0.5, 0.6) is 5.75 Å². The minimum Gasteiger partial charge on any atom is -0.406 e. The molecule has 6 heteroatoms. The van der Waals surface area contributed by atoms with Crippen molar-refractivity contribution in [2.75, 3.05) is 19.8 Å². The molecule has 0 aromatic heterocycles. The van der Waals surface area contributed by atoms with Crippen molar-refractivity contribution in [2.24, 2.45) is 0 Å². The summed E-state index contributed by atoms with van der Waals surface area (Å²) in [5, 5.41) is 0. The van der Waals surface area contributed by atoms with Crippen molar-refractivity contribution in [3.8, 4) is 5.75 Å². The SMILES string of the molecule is FC(F)(F)Oc1cccc(COCN2CCC(c3ccccc3)CC2)c1. The zero-order valence-electron chi connectivity index (χ0n) is 14.4. The molecule has 2 aromatic carbocycles. The van der Waals surface area contributed by atoms with Crippen LogP contribution < -0.4 is 4.74 Å². The lowest BCUT2D eigenvalue weighted by atomic mass is 9.90. The van der Waals surface area contributed by atoms with Crippen LogP contribution in [0.3, 0.4) is 0 Å². The Bertz CT molecular complexity index is 683. The molecular formula is C20H22F3NO2. The minimum atomic E-state index is -4.68. The van der Waals surface area contributed by atoms with Gasteiger partial charge < -0.3 is 9.47 Å². The van der Waals surface area contributed by atoms with Crippen molar-refractivity contribution in [1.29, 1.82) is 0 Å². The van der Waals surface area contributed by atoms with E-state index in [2.05, 4.69) is 33.9 Å². The third kappa shape index (κ3) is 5.75. The highest BCUT2D eigenvalue weighted by Crippen LogP contribution is 2.28. The monoisotopic (exact) mass is 365 g/mol. The molecule has 26 heavy (non-hydrogen) atoms. The molecule has 0 amide bonds. The smallest absolute Gasteiger partial charge is 0.406 e. The van der Waals surface area contributed by atoms with E-state index in [9.17, 15) is 13.2 Å². The molecule has 0 N–H and O–H groups in total. The topological polar surface area (TPSA) is 21.7 Å². The number of rotatable bonds is 6. The first-order valence-corrected chi connectivity index (χ1v) is 8.69. The zero-order chi connectivity index (χ0) is 18.4. The van der Waals surface area contributed by atoms with Crippen LogP contribution in [0.2, 0.25) is 0 Å². The molecule has 140 valence electrons. The molecular weight excluding hydrogens is 343 g/mol. The van der Waals surface area contributed by atoms with Crippen molar-refractivity contribution in [3.63, 3.8) is 0 Å². The molecule has 0 radical (unpaired) electrons. The van der Waals surface area contributed by atoms with Gasteiger partial charge in [-0.05, 0) is 42.0 Å². The van der Waals surface area contributed by atoms with Crippen molar-refractivity contribution in [2.45, 2.75) is 31.7 Å². The van der Waals surface area contributed by atoms with Crippen LogP contribution in [0.15, 0.2) is 54.6 Å². The molecule has 3 rings (SSSR count). The van der Waals surface area contributed by atoms with Crippen molar-refractivity contribution in [1.82, 2.24) is 4.90 Å². The van der Waals surface area contributed by atoms with Gasteiger partial charge in [0.05, 0.1) is 13.3 Å². The molecule has 0 saturated carbocycles. The van der Waals surface area contributed by atoms with E-state index >= 15 is 0 Å². The molecule has 2 aromatic rings. The first kappa shape index (κ1) is 18.7. The fourth-order valence-corrected chi connectivity index (χ4v) is 3.25. The summed E-state index contributed by atoms with van der Waals surface area (Å²) in [6.45, 7) is 2.65. The summed E-state index contributed by atoms with van der Waals surface area (Å²) in [5.74, 6) is 0.367. The van der Waals surface area contributed by atoms with Crippen molar-refractivity contribution in [3.05, 3.63) is 65.7 Å². The van der Waals surface area contributed by atoms with Gasteiger partial charge in [0, 0.05) is 13.1 Å². The molecule has 3 nitrogen and oxygen atoms in total. The Morgan fingerprint density at radius 2 is 1.69 bits per heavy atom. The Labute approximate surface area is 151 Å². The van der Waals surface area contributed by atoms with E-state index in [1.54, 1.807) is 6.07 Å². The summed E-state index contributed by atoms with van der Waals surface area (Å²) >= 11 is 0. The zero-order valence-corrected chi connectivity index (χ0v) is 14.4. The minimum absolute atomic E-state index is 0.220. The van der Waals surface area contributed by atoms with Gasteiger partial charge in [0.15, 0.2) is 0 Å². The number of nitrogens with zero attached hydrogens (tertiary/aromatic N) is 1. The number of ether oxygens (including phenoxy) is 2. The summed E-state index contributed by atoms with van der Waals surface area (Å²) in [6, 6.07) is 16.4. The van der Waals surface area contributed by atoms with Gasteiger partial charge >= 0.3 is 6.36 Å². The molecule has 1 aliphatic rings. The fraction of sp³-hybridized carbons (Fsp3) is 0.400. The highest BCUT2D eigenvalue weighted by Gasteiger charge is 2.31. The predicted molar refractivity (Wildman–Crippen MR) is 92.8 cm³/mol. The van der Waals surface area contributed by atoms with Crippen LogP contribution in [0.1, 0.15) is 29.9 Å². The molecule has 1 saturated heterocycles. The van der Waals surface area contributed by atoms with Gasteiger partial charge in [-0.25, -0.2) is 0 Å². The lowest BCUT2D eigenvalue weighted by Gasteiger charge is -2.31. The first-order valence-electron chi connectivity index (χ1n) is 8.69. The summed E-state index contributed by atoms with van der Waals surface area (Å²) in [6.07, 6.45) is -2.51. The quantitative estimate of drug-likeness (QED) is 0.724. The number of halogens is 3. The van der Waals surface area contributed by atoms with Crippen LogP contribution in [0.25, 0.3) is 0 Å². The van der Waals surface area contributed by atoms with Crippen molar-refractivity contribution < 1.29 is 22.6 Å². The Morgan fingerprint density at radius 1 is 0.962 bits per heavy atom. The summed E-state index contributed by atoms with van der Waals surface area (Å²) in [7, 11) is 0. The van der Waals surface area contributed by atoms with E-state index in [0.717, 1.165) is 25.9 Å². The maximum absolute atomic E-state index is 12.3. The van der Waals surface area contributed by atoms with Crippen LogP contribution in [-0.4, -0.2) is 31.1 Å². The number of piperidine rings is 1. The Hall–Kier alpha value is -2.05. The van der Waals surface area contributed by atoms with Crippen LogP contribution in [-0.2, 0) is 11.3 Å². The summed E-state index contributed by atoms with van der Waals surface area (Å²) in [4.78, 5) is 2.23. The van der Waals surface area contributed by atoms with Gasteiger partial charge in [0.2, 0.25) is 0 Å². The Balaban J connectivity index is 1.41. The third-order valence-corrected chi connectivity index (χ3v) is 4.53. The second kappa shape index (κ2) is 8.56. The number of alkyl halides is 3. The molecule has 0 atom stereocenters. The molecule has 1 aliphatic heterocycles. The highest BCUT2D eigenvalue weighted by atomic mass is 19.4. The lowest BCUT2D eigenvalue weighted by Crippen LogP contribution is -2.34. The second-order valence-corrected chi connectivity index (χ2v) is 6.48. The average molecular weight is 365 g/mol. The average Bonchev–Trinajstić information content (AvgIpc) is 2.62. The standard InChI is InChI=1S/C20H22F3NO2/c21-20(22,23)26-19-8-4-5-16(13-19)14-25-15-24-11-9-18(10-12-24)17-6-2-1-3-7-17/h1-8,13,18H,9-12,14-15H2. The van der Waals surface area contributed by atoms with Crippen LogP contribution in [0, 0.1) is 0 Å². The Morgan fingerprint density at radius 3 is 2.38 bits per heavy atom. The largest absolute Gasteiger partial charge is 0.573 e. The van der Waals surface area contributed by atoms with Crippen molar-refractivity contribution >= 4 is 0 Å². The van der Waals surface area contributed by atoms with Gasteiger partial charge in [0.1, 0.15) is 5.75 Å². The summed E-state index contributed by atoms with van der Waals surface area (Å²) < 4.78 is 46.4. The molecule has 1 heterocycles. The maximum Gasteiger partial charge on any atom is 0.573 e. The van der Waals surface area contributed by atoms with E-state index in [1.165, 1.54) is 23.8 Å². The van der Waals surface area contributed by atoms with Gasteiger partial charge in [-0.2, -0.15) is 0 Å². The predicted octanol–water partition coefficient (Wildman–Crippen LogP) is 4.94. The summed E-state index contributed by atoms with van der Waals surface area (Å²) in [5.41, 5.74) is 2.04. The van der Waals surface area contributed by atoms with E-state index in [0.29, 0.717) is 18.2 Å². The van der Waals surface area contributed by atoms with Gasteiger partial charge in [-0.3, -0.25) is 4.90 Å². The maximum atomic E-state index is 12.3. The van der Waals surface area contributed by atoms with Gasteiger partial charge in [-0.1, -0.05) is 42.5 Å². The van der Waals surface area contributed by atoms with E-state index < -0.39 is 6.36 Å². The Kier molecular flexibility index (Phi) is 6.16.